The molecule has 0 radical (unpaired) electrons. The van der Waals surface area contributed by atoms with Crippen LogP contribution < -0.4 is 14.9 Å². The zero-order chi connectivity index (χ0) is 24.1. The zero-order valence-electron chi connectivity index (χ0n) is 18.3. The Morgan fingerprint density at radius 1 is 1.06 bits per heavy atom. The van der Waals surface area contributed by atoms with Gasteiger partial charge < -0.3 is 0 Å². The number of aryl methyl sites for hydroxylation is 1. The maximum Gasteiger partial charge on any atom is 0.271 e. The second-order valence-electron chi connectivity index (χ2n) is 8.52. The summed E-state index contributed by atoms with van der Waals surface area (Å²) in [4.78, 5) is 30.4. The van der Waals surface area contributed by atoms with Gasteiger partial charge in [-0.25, -0.2) is 4.99 Å². The highest BCUT2D eigenvalue weighted by Gasteiger charge is 2.33. The molecule has 1 aliphatic heterocycles. The normalized spacial score (nSPS) is 16.8. The second-order valence-corrected chi connectivity index (χ2v) is 9.96. The van der Waals surface area contributed by atoms with Gasteiger partial charge in [0.05, 0.1) is 21.2 Å². The second kappa shape index (κ2) is 8.45. The van der Waals surface area contributed by atoms with Crippen LogP contribution in [0.25, 0.3) is 11.8 Å². The van der Waals surface area contributed by atoms with E-state index < -0.39 is 11.0 Å². The molecule has 1 atom stereocenters. The van der Waals surface area contributed by atoms with E-state index in [0.29, 0.717) is 19.9 Å². The van der Waals surface area contributed by atoms with Gasteiger partial charge in [-0.2, -0.15) is 0 Å². The van der Waals surface area contributed by atoms with Crippen molar-refractivity contribution in [1.82, 2.24) is 4.57 Å². The molecule has 0 saturated heterocycles. The van der Waals surface area contributed by atoms with Crippen LogP contribution in [0.3, 0.4) is 0 Å². The minimum absolute atomic E-state index is 0.00107. The standard InChI is InChI=1S/C27H18ClN3O3S/c28-19-11-8-16(9-12-19)14-23-26(32)30-25(18-5-3-6-20(15-18)31(33)34)22-13-10-17-4-1-2-7-21(17)24(22)29-27(30)35-23/h1-9,11-12,14-15,25H,10,13H2. The van der Waals surface area contributed by atoms with Gasteiger partial charge in [0.15, 0.2) is 4.80 Å². The largest absolute Gasteiger partial charge is 0.272 e. The van der Waals surface area contributed by atoms with Crippen molar-refractivity contribution in [2.45, 2.75) is 18.9 Å². The summed E-state index contributed by atoms with van der Waals surface area (Å²) in [6.45, 7) is 0. The SMILES string of the molecule is O=c1c(=Cc2ccc(Cl)cc2)sc2n1C(c1cccc([N+](=O)[O-])c1)C1=C(N=2)c2ccccc2CC1. The minimum atomic E-state index is -0.457. The van der Waals surface area contributed by atoms with Gasteiger partial charge in [-0.3, -0.25) is 19.5 Å². The van der Waals surface area contributed by atoms with E-state index in [-0.39, 0.29) is 11.2 Å². The zero-order valence-corrected chi connectivity index (χ0v) is 19.9. The molecule has 1 aliphatic carbocycles. The lowest BCUT2D eigenvalue weighted by molar-refractivity contribution is -0.384. The van der Waals surface area contributed by atoms with Crippen LogP contribution in [-0.4, -0.2) is 9.49 Å². The van der Waals surface area contributed by atoms with Crippen molar-refractivity contribution in [3.05, 3.63) is 135 Å². The first kappa shape index (κ1) is 21.7. The van der Waals surface area contributed by atoms with Crippen LogP contribution in [0.5, 0.6) is 0 Å². The van der Waals surface area contributed by atoms with Crippen LogP contribution in [0, 0.1) is 10.1 Å². The topological polar surface area (TPSA) is 77.5 Å². The highest BCUT2D eigenvalue weighted by molar-refractivity contribution is 7.07. The van der Waals surface area contributed by atoms with Crippen molar-refractivity contribution in [3.63, 3.8) is 0 Å². The minimum Gasteiger partial charge on any atom is -0.272 e. The summed E-state index contributed by atoms with van der Waals surface area (Å²) in [6.07, 6.45) is 3.39. The molecule has 6 rings (SSSR count). The van der Waals surface area contributed by atoms with Crippen LogP contribution in [-0.2, 0) is 6.42 Å². The van der Waals surface area contributed by atoms with Gasteiger partial charge in [0.2, 0.25) is 0 Å². The van der Waals surface area contributed by atoms with Crippen LogP contribution in [0.2, 0.25) is 5.02 Å². The Morgan fingerprint density at radius 2 is 1.86 bits per heavy atom. The van der Waals surface area contributed by atoms with Gasteiger partial charge in [0.1, 0.15) is 0 Å². The first-order valence-electron chi connectivity index (χ1n) is 11.1. The Kier molecular flexibility index (Phi) is 5.24. The maximum atomic E-state index is 13.7. The maximum absolute atomic E-state index is 13.7. The van der Waals surface area contributed by atoms with E-state index >= 15 is 0 Å². The molecule has 4 aromatic rings. The number of thiazole rings is 1. The summed E-state index contributed by atoms with van der Waals surface area (Å²) in [6, 6.07) is 21.6. The molecule has 0 amide bonds. The Labute approximate surface area is 208 Å². The highest BCUT2D eigenvalue weighted by Crippen LogP contribution is 2.41. The average molecular weight is 500 g/mol. The number of nitrogens with zero attached hydrogens (tertiary/aromatic N) is 3. The molecule has 1 unspecified atom stereocenters. The molecule has 8 heteroatoms. The number of halogens is 1. The van der Waals surface area contributed by atoms with E-state index in [1.165, 1.54) is 23.0 Å². The van der Waals surface area contributed by atoms with Gasteiger partial charge in [0, 0.05) is 22.7 Å². The monoisotopic (exact) mass is 499 g/mol. The van der Waals surface area contributed by atoms with Crippen molar-refractivity contribution < 1.29 is 4.92 Å². The van der Waals surface area contributed by atoms with E-state index in [4.69, 9.17) is 16.6 Å². The van der Waals surface area contributed by atoms with Crippen molar-refractivity contribution in [1.29, 1.82) is 0 Å². The average Bonchev–Trinajstić information content (AvgIpc) is 3.18. The summed E-state index contributed by atoms with van der Waals surface area (Å²) in [7, 11) is 0. The predicted molar refractivity (Wildman–Crippen MR) is 137 cm³/mol. The number of benzene rings is 3. The summed E-state index contributed by atoms with van der Waals surface area (Å²) in [5, 5.41) is 12.1. The van der Waals surface area contributed by atoms with E-state index in [0.717, 1.165) is 35.2 Å². The van der Waals surface area contributed by atoms with E-state index in [2.05, 4.69) is 12.1 Å². The fourth-order valence-electron chi connectivity index (χ4n) is 4.84. The molecule has 0 saturated carbocycles. The van der Waals surface area contributed by atoms with Gasteiger partial charge in [-0.05, 0) is 53.3 Å². The van der Waals surface area contributed by atoms with Gasteiger partial charge in [-0.15, -0.1) is 0 Å². The number of hydrogen-bond acceptors (Lipinski definition) is 5. The number of rotatable bonds is 3. The summed E-state index contributed by atoms with van der Waals surface area (Å²) >= 11 is 7.34. The number of fused-ring (bicyclic) bond motifs is 3. The van der Waals surface area contributed by atoms with Crippen LogP contribution in [0.1, 0.15) is 34.7 Å². The molecule has 35 heavy (non-hydrogen) atoms. The van der Waals surface area contributed by atoms with Gasteiger partial charge in [0.25, 0.3) is 11.2 Å². The number of non-ortho nitro benzene ring substituents is 1. The number of allylic oxidation sites excluding steroid dienone is 1. The quantitative estimate of drug-likeness (QED) is 0.298. The van der Waals surface area contributed by atoms with Crippen molar-refractivity contribution in [2.75, 3.05) is 0 Å². The molecule has 2 aliphatic rings. The fraction of sp³-hybridized carbons (Fsp3) is 0.111. The lowest BCUT2D eigenvalue weighted by Gasteiger charge is -2.30. The molecule has 0 N–H and O–H groups in total. The Bertz CT molecular complexity index is 1720. The number of nitro groups is 1. The Balaban J connectivity index is 1.63. The lowest BCUT2D eigenvalue weighted by atomic mass is 9.83. The van der Waals surface area contributed by atoms with E-state index in [1.54, 1.807) is 28.8 Å². The molecule has 172 valence electrons. The number of hydrogen-bond donors (Lipinski definition) is 0. The molecule has 0 bridgehead atoms. The van der Waals surface area contributed by atoms with Crippen LogP contribution >= 0.6 is 22.9 Å². The Hall–Kier alpha value is -3.81. The highest BCUT2D eigenvalue weighted by atomic mass is 35.5. The molecule has 1 aromatic heterocycles. The molecular weight excluding hydrogens is 482 g/mol. The first-order valence-corrected chi connectivity index (χ1v) is 12.3. The molecule has 2 heterocycles. The summed E-state index contributed by atoms with van der Waals surface area (Å²) in [5.41, 5.74) is 5.55. The molecule has 0 spiro atoms. The van der Waals surface area contributed by atoms with Crippen molar-refractivity contribution >= 4 is 40.4 Å². The lowest BCUT2D eigenvalue weighted by Crippen LogP contribution is -2.38. The molecule has 3 aromatic carbocycles. The molecular formula is C27H18ClN3O3S. The van der Waals surface area contributed by atoms with E-state index in [9.17, 15) is 14.9 Å². The van der Waals surface area contributed by atoms with Gasteiger partial charge >= 0.3 is 0 Å². The van der Waals surface area contributed by atoms with Crippen molar-refractivity contribution in [3.8, 4) is 0 Å². The smallest absolute Gasteiger partial charge is 0.271 e. The summed E-state index contributed by atoms with van der Waals surface area (Å²) < 4.78 is 2.24. The molecule has 6 nitrogen and oxygen atoms in total. The number of aromatic nitrogens is 1. The van der Waals surface area contributed by atoms with Crippen molar-refractivity contribution in [2.24, 2.45) is 4.99 Å². The van der Waals surface area contributed by atoms with Crippen LogP contribution in [0.4, 0.5) is 5.69 Å². The third kappa shape index (κ3) is 3.73. The Morgan fingerprint density at radius 3 is 2.66 bits per heavy atom. The predicted octanol–water partition coefficient (Wildman–Crippen LogP) is 4.88. The van der Waals surface area contributed by atoms with Crippen LogP contribution in [0.15, 0.2) is 88.2 Å². The first-order chi connectivity index (χ1) is 17.0. The number of nitro benzene ring substituents is 1. The fourth-order valence-corrected chi connectivity index (χ4v) is 5.97. The third-order valence-corrected chi connectivity index (χ3v) is 7.67. The van der Waals surface area contributed by atoms with E-state index in [1.807, 2.05) is 36.4 Å². The third-order valence-electron chi connectivity index (χ3n) is 6.44. The van der Waals surface area contributed by atoms with Gasteiger partial charge in [-0.1, -0.05) is 71.5 Å². The summed E-state index contributed by atoms with van der Waals surface area (Å²) in [5.74, 6) is 0. The molecule has 0 fully saturated rings.